The van der Waals surface area contributed by atoms with E-state index in [0.717, 1.165) is 5.56 Å². The zero-order valence-electron chi connectivity index (χ0n) is 11.1. The van der Waals surface area contributed by atoms with E-state index in [0.29, 0.717) is 11.1 Å². The number of benzene rings is 1. The number of hydrogen-bond donors (Lipinski definition) is 2. The van der Waals surface area contributed by atoms with Gasteiger partial charge in [0.15, 0.2) is 0 Å². The lowest BCUT2D eigenvalue weighted by Gasteiger charge is -2.13. The van der Waals surface area contributed by atoms with Crippen molar-refractivity contribution >= 4 is 17.7 Å². The molecular formula is C13H16N4O2S. The van der Waals surface area contributed by atoms with Crippen molar-refractivity contribution in [1.82, 2.24) is 15.5 Å². The number of hydrogen-bond acceptors (Lipinski definition) is 6. The summed E-state index contributed by atoms with van der Waals surface area (Å²) in [6, 6.07) is 9.75. The Morgan fingerprint density at radius 3 is 2.80 bits per heavy atom. The Labute approximate surface area is 121 Å². The highest BCUT2D eigenvalue weighted by Gasteiger charge is 2.12. The Hall–Kier alpha value is -1.86. The van der Waals surface area contributed by atoms with Gasteiger partial charge in [0.05, 0.1) is 18.3 Å². The molecule has 0 saturated carbocycles. The van der Waals surface area contributed by atoms with E-state index in [1.54, 1.807) is 0 Å². The summed E-state index contributed by atoms with van der Waals surface area (Å²) in [6.07, 6.45) is 0. The van der Waals surface area contributed by atoms with Gasteiger partial charge in [-0.05, 0) is 12.5 Å². The van der Waals surface area contributed by atoms with Gasteiger partial charge in [0.2, 0.25) is 11.8 Å². The summed E-state index contributed by atoms with van der Waals surface area (Å²) in [5, 5.41) is 10.8. The molecule has 106 valence electrons. The summed E-state index contributed by atoms with van der Waals surface area (Å²) in [4.78, 5) is 11.8. The van der Waals surface area contributed by atoms with E-state index < -0.39 is 0 Å². The third-order valence-corrected chi connectivity index (χ3v) is 3.45. The van der Waals surface area contributed by atoms with Crippen molar-refractivity contribution in [3.8, 4) is 0 Å². The first kappa shape index (κ1) is 14.5. The molecule has 0 aliphatic rings. The molecule has 6 nitrogen and oxygen atoms in total. The van der Waals surface area contributed by atoms with Crippen LogP contribution in [0.25, 0.3) is 0 Å². The molecule has 0 aliphatic carbocycles. The smallest absolute Gasteiger partial charge is 0.277 e. The Morgan fingerprint density at radius 1 is 1.40 bits per heavy atom. The van der Waals surface area contributed by atoms with Gasteiger partial charge in [-0.3, -0.25) is 4.79 Å². The third kappa shape index (κ3) is 4.07. The Balaban J connectivity index is 1.80. The van der Waals surface area contributed by atoms with Gasteiger partial charge in [0, 0.05) is 0 Å². The Bertz CT molecular complexity index is 559. The van der Waals surface area contributed by atoms with Gasteiger partial charge in [0.1, 0.15) is 0 Å². The van der Waals surface area contributed by atoms with E-state index in [2.05, 4.69) is 15.5 Å². The number of rotatable bonds is 6. The average molecular weight is 292 g/mol. The fraction of sp³-hybridized carbons (Fsp3) is 0.308. The predicted octanol–water partition coefficient (Wildman–Crippen LogP) is 1.50. The number of carbonyl (C=O) groups excluding carboxylic acids is 1. The summed E-state index contributed by atoms with van der Waals surface area (Å²) in [5.74, 6) is 0.507. The van der Waals surface area contributed by atoms with Crippen LogP contribution in [-0.4, -0.2) is 21.9 Å². The van der Waals surface area contributed by atoms with E-state index in [1.165, 1.54) is 11.8 Å². The van der Waals surface area contributed by atoms with Crippen LogP contribution in [0, 0.1) is 0 Å². The molecule has 1 aromatic carbocycles. The number of aromatic nitrogens is 2. The van der Waals surface area contributed by atoms with Crippen molar-refractivity contribution in [2.45, 2.75) is 24.7 Å². The zero-order chi connectivity index (χ0) is 14.4. The normalized spacial score (nSPS) is 12.1. The van der Waals surface area contributed by atoms with Crippen LogP contribution in [0.15, 0.2) is 40.0 Å². The van der Waals surface area contributed by atoms with Crippen LogP contribution in [-0.2, 0) is 11.3 Å². The third-order valence-electron chi connectivity index (χ3n) is 2.63. The molecule has 2 aromatic rings. The quantitative estimate of drug-likeness (QED) is 0.784. The highest BCUT2D eigenvalue weighted by molar-refractivity contribution is 7.99. The summed E-state index contributed by atoms with van der Waals surface area (Å²) in [5.41, 5.74) is 6.43. The van der Waals surface area contributed by atoms with Gasteiger partial charge < -0.3 is 15.5 Å². The van der Waals surface area contributed by atoms with E-state index in [-0.39, 0.29) is 24.2 Å². The first-order valence-electron chi connectivity index (χ1n) is 6.18. The largest absolute Gasteiger partial charge is 0.415 e. The molecule has 3 N–H and O–H groups in total. The molecule has 1 amide bonds. The monoisotopic (exact) mass is 292 g/mol. The lowest BCUT2D eigenvalue weighted by molar-refractivity contribution is -0.119. The number of nitrogens with one attached hydrogen (secondary N) is 1. The van der Waals surface area contributed by atoms with Crippen LogP contribution in [0.1, 0.15) is 24.4 Å². The van der Waals surface area contributed by atoms with Gasteiger partial charge in [-0.1, -0.05) is 42.1 Å². The van der Waals surface area contributed by atoms with Crippen molar-refractivity contribution in [2.75, 3.05) is 5.75 Å². The maximum Gasteiger partial charge on any atom is 0.277 e. The lowest BCUT2D eigenvalue weighted by atomic mass is 10.1. The summed E-state index contributed by atoms with van der Waals surface area (Å²) >= 11 is 1.19. The average Bonchev–Trinajstić information content (AvgIpc) is 2.94. The van der Waals surface area contributed by atoms with Crippen LogP contribution < -0.4 is 11.1 Å². The molecule has 0 aliphatic heterocycles. The van der Waals surface area contributed by atoms with Crippen molar-refractivity contribution < 1.29 is 9.21 Å². The topological polar surface area (TPSA) is 94.0 Å². The second-order valence-electron chi connectivity index (χ2n) is 4.15. The minimum atomic E-state index is -0.0844. The summed E-state index contributed by atoms with van der Waals surface area (Å²) in [6.45, 7) is 2.14. The molecule has 0 bridgehead atoms. The molecule has 7 heteroatoms. The van der Waals surface area contributed by atoms with E-state index in [9.17, 15) is 4.79 Å². The molecule has 2 rings (SSSR count). The highest BCUT2D eigenvalue weighted by atomic mass is 32.2. The van der Waals surface area contributed by atoms with Crippen LogP contribution >= 0.6 is 11.8 Å². The minimum Gasteiger partial charge on any atom is -0.415 e. The van der Waals surface area contributed by atoms with E-state index in [4.69, 9.17) is 10.2 Å². The van der Waals surface area contributed by atoms with Crippen molar-refractivity contribution in [3.63, 3.8) is 0 Å². The summed E-state index contributed by atoms with van der Waals surface area (Å²) in [7, 11) is 0. The SMILES string of the molecule is CC(NC(=O)CSc1nnc(CN)o1)c1ccccc1. The maximum atomic E-state index is 11.8. The number of nitrogens with zero attached hydrogens (tertiary/aromatic N) is 2. The van der Waals surface area contributed by atoms with Crippen molar-refractivity contribution in [1.29, 1.82) is 0 Å². The van der Waals surface area contributed by atoms with Gasteiger partial charge >= 0.3 is 0 Å². The Kier molecular flexibility index (Phi) is 5.14. The molecule has 1 unspecified atom stereocenters. The van der Waals surface area contributed by atoms with Crippen molar-refractivity contribution in [3.05, 3.63) is 41.8 Å². The molecular weight excluding hydrogens is 276 g/mol. The standard InChI is InChI=1S/C13H16N4O2S/c1-9(10-5-3-2-4-6-10)15-11(18)8-20-13-17-16-12(7-14)19-13/h2-6,9H,7-8,14H2,1H3,(H,15,18). The van der Waals surface area contributed by atoms with E-state index in [1.807, 2.05) is 37.3 Å². The fourth-order valence-electron chi connectivity index (χ4n) is 1.61. The number of amides is 1. The van der Waals surface area contributed by atoms with Gasteiger partial charge in [0.25, 0.3) is 5.22 Å². The first-order valence-corrected chi connectivity index (χ1v) is 7.17. The second kappa shape index (κ2) is 7.06. The van der Waals surface area contributed by atoms with Gasteiger partial charge in [-0.15, -0.1) is 10.2 Å². The summed E-state index contributed by atoms with van der Waals surface area (Å²) < 4.78 is 5.21. The fourth-order valence-corrected chi connectivity index (χ4v) is 2.21. The van der Waals surface area contributed by atoms with Gasteiger partial charge in [-0.2, -0.15) is 0 Å². The molecule has 1 atom stereocenters. The molecule has 0 fully saturated rings. The molecule has 0 spiro atoms. The predicted molar refractivity (Wildman–Crippen MR) is 75.9 cm³/mol. The number of carbonyl (C=O) groups is 1. The van der Waals surface area contributed by atoms with E-state index >= 15 is 0 Å². The molecule has 0 saturated heterocycles. The number of nitrogens with two attached hydrogens (primary N) is 1. The van der Waals surface area contributed by atoms with Gasteiger partial charge in [-0.25, -0.2) is 0 Å². The first-order chi connectivity index (χ1) is 9.69. The second-order valence-corrected chi connectivity index (χ2v) is 5.08. The molecule has 0 radical (unpaired) electrons. The van der Waals surface area contributed by atoms with Crippen LogP contribution in [0.5, 0.6) is 0 Å². The molecule has 1 heterocycles. The Morgan fingerprint density at radius 2 is 2.15 bits per heavy atom. The molecule has 20 heavy (non-hydrogen) atoms. The van der Waals surface area contributed by atoms with Crippen LogP contribution in [0.2, 0.25) is 0 Å². The van der Waals surface area contributed by atoms with Crippen molar-refractivity contribution in [2.24, 2.45) is 5.73 Å². The molecule has 1 aromatic heterocycles. The van der Waals surface area contributed by atoms with Crippen LogP contribution in [0.4, 0.5) is 0 Å². The highest BCUT2D eigenvalue weighted by Crippen LogP contribution is 2.16. The zero-order valence-corrected chi connectivity index (χ0v) is 11.9. The van der Waals surface area contributed by atoms with Crippen LogP contribution in [0.3, 0.4) is 0 Å². The lowest BCUT2D eigenvalue weighted by Crippen LogP contribution is -2.28. The number of thioether (sulfide) groups is 1. The minimum absolute atomic E-state index is 0.0356. The maximum absolute atomic E-state index is 11.8.